The number of anilines is 1. The van der Waals surface area contributed by atoms with E-state index >= 15 is 0 Å². The van der Waals surface area contributed by atoms with Crippen molar-refractivity contribution in [2.24, 2.45) is 0 Å². The Kier molecular flexibility index (Phi) is 9.81. The summed E-state index contributed by atoms with van der Waals surface area (Å²) in [4.78, 5) is 12.1. The summed E-state index contributed by atoms with van der Waals surface area (Å²) in [6.07, 6.45) is 1.83. The van der Waals surface area contributed by atoms with Gasteiger partial charge in [-0.1, -0.05) is 41.4 Å². The highest BCUT2D eigenvalue weighted by molar-refractivity contribution is 7.98. The molecule has 164 valence electrons. The van der Waals surface area contributed by atoms with Crippen molar-refractivity contribution >= 4 is 56.6 Å². The maximum absolute atomic E-state index is 12.2. The summed E-state index contributed by atoms with van der Waals surface area (Å²) in [5.74, 6) is 1.57. The van der Waals surface area contributed by atoms with E-state index in [1.807, 2.05) is 24.3 Å². The van der Waals surface area contributed by atoms with E-state index in [2.05, 4.69) is 5.32 Å². The third-order valence-corrected chi connectivity index (χ3v) is 7.30. The Labute approximate surface area is 193 Å². The molecule has 1 N–H and O–H groups in total. The lowest BCUT2D eigenvalue weighted by Gasteiger charge is -2.24. The van der Waals surface area contributed by atoms with Crippen molar-refractivity contribution in [3.63, 3.8) is 0 Å². The number of halogens is 2. The zero-order chi connectivity index (χ0) is 22.1. The van der Waals surface area contributed by atoms with Crippen molar-refractivity contribution in [2.45, 2.75) is 25.5 Å². The van der Waals surface area contributed by atoms with Gasteiger partial charge in [-0.25, -0.2) is 8.42 Å². The van der Waals surface area contributed by atoms with Crippen LogP contribution >= 0.6 is 35.0 Å². The molecule has 0 aliphatic carbocycles. The molecule has 0 spiro atoms. The Morgan fingerprint density at radius 3 is 2.50 bits per heavy atom. The van der Waals surface area contributed by atoms with E-state index in [9.17, 15) is 13.2 Å². The van der Waals surface area contributed by atoms with E-state index in [4.69, 9.17) is 23.2 Å². The van der Waals surface area contributed by atoms with Gasteiger partial charge < -0.3 is 5.32 Å². The molecule has 5 nitrogen and oxygen atoms in total. The Balaban J connectivity index is 1.73. The molecular weight excluding hydrogens is 463 g/mol. The van der Waals surface area contributed by atoms with Crippen LogP contribution in [0.1, 0.15) is 24.0 Å². The summed E-state index contributed by atoms with van der Waals surface area (Å²) < 4.78 is 25.8. The average molecular weight is 489 g/mol. The maximum Gasteiger partial charge on any atom is 0.232 e. The molecule has 0 bridgehead atoms. The first-order chi connectivity index (χ1) is 14.2. The minimum absolute atomic E-state index is 0.0849. The zero-order valence-electron chi connectivity index (χ0n) is 17.0. The molecule has 0 radical (unpaired) electrons. The second-order valence-corrected chi connectivity index (χ2v) is 10.7. The first-order valence-electron chi connectivity index (χ1n) is 9.50. The van der Waals surface area contributed by atoms with Crippen LogP contribution in [0.3, 0.4) is 0 Å². The predicted octanol–water partition coefficient (Wildman–Crippen LogP) is 4.90. The van der Waals surface area contributed by atoms with E-state index in [0.29, 0.717) is 29.2 Å². The molecule has 9 heteroatoms. The van der Waals surface area contributed by atoms with E-state index in [1.54, 1.807) is 36.9 Å². The largest absolute Gasteiger partial charge is 0.355 e. The highest BCUT2D eigenvalue weighted by Gasteiger charge is 2.20. The number of benzene rings is 2. The number of thioether (sulfide) groups is 1. The van der Waals surface area contributed by atoms with E-state index in [1.165, 1.54) is 9.87 Å². The molecule has 0 aromatic heterocycles. The average Bonchev–Trinajstić information content (AvgIpc) is 2.68. The zero-order valence-corrected chi connectivity index (χ0v) is 20.2. The monoisotopic (exact) mass is 488 g/mol. The molecule has 2 aromatic carbocycles. The molecule has 0 saturated carbocycles. The summed E-state index contributed by atoms with van der Waals surface area (Å²) >= 11 is 13.7. The fourth-order valence-electron chi connectivity index (χ4n) is 2.84. The summed E-state index contributed by atoms with van der Waals surface area (Å²) in [6.45, 7) is 2.57. The van der Waals surface area contributed by atoms with Gasteiger partial charge in [0, 0.05) is 41.1 Å². The second kappa shape index (κ2) is 11.8. The van der Waals surface area contributed by atoms with Crippen molar-refractivity contribution in [1.82, 2.24) is 5.32 Å². The van der Waals surface area contributed by atoms with Crippen LogP contribution in [0.15, 0.2) is 42.5 Å². The van der Waals surface area contributed by atoms with Gasteiger partial charge >= 0.3 is 0 Å². The third-order valence-electron chi connectivity index (χ3n) is 4.42. The maximum atomic E-state index is 12.2. The summed E-state index contributed by atoms with van der Waals surface area (Å²) in [7, 11) is -3.48. The quantitative estimate of drug-likeness (QED) is 0.456. The molecule has 0 unspecified atom stereocenters. The van der Waals surface area contributed by atoms with Crippen molar-refractivity contribution in [3.05, 3.63) is 63.6 Å². The molecule has 0 atom stereocenters. The number of carbonyl (C=O) groups is 1. The Morgan fingerprint density at radius 2 is 1.83 bits per heavy atom. The Hall–Kier alpha value is -1.41. The van der Waals surface area contributed by atoms with Crippen LogP contribution in [-0.2, 0) is 20.6 Å². The van der Waals surface area contributed by atoms with Gasteiger partial charge in [-0.2, -0.15) is 11.8 Å². The normalized spacial score (nSPS) is 11.3. The molecule has 0 fully saturated rings. The second-order valence-electron chi connectivity index (χ2n) is 6.85. The number of hydrogen-bond donors (Lipinski definition) is 1. The summed E-state index contributed by atoms with van der Waals surface area (Å²) in [5.41, 5.74) is 2.43. The molecule has 0 aliphatic heterocycles. The van der Waals surface area contributed by atoms with Gasteiger partial charge in [-0.3, -0.25) is 9.10 Å². The van der Waals surface area contributed by atoms with Gasteiger partial charge in [0.25, 0.3) is 0 Å². The summed E-state index contributed by atoms with van der Waals surface area (Å²) in [6, 6.07) is 12.9. The molecule has 0 aliphatic rings. The fourth-order valence-corrected chi connectivity index (χ4v) is 4.97. The van der Waals surface area contributed by atoms with Gasteiger partial charge in [0.05, 0.1) is 11.9 Å². The smallest absolute Gasteiger partial charge is 0.232 e. The molecule has 30 heavy (non-hydrogen) atoms. The Bertz CT molecular complexity index is 951. The van der Waals surface area contributed by atoms with Gasteiger partial charge in [0.1, 0.15) is 0 Å². The summed E-state index contributed by atoms with van der Waals surface area (Å²) in [5, 5.41) is 4.11. The SMILES string of the molecule is Cc1c(Cl)cccc1N(CCCC(=O)NCCSCc1ccc(Cl)cc1)S(C)(=O)=O. The van der Waals surface area contributed by atoms with Gasteiger partial charge in [-0.15, -0.1) is 0 Å². The van der Waals surface area contributed by atoms with E-state index in [-0.39, 0.29) is 18.9 Å². The van der Waals surface area contributed by atoms with Crippen LogP contribution in [-0.4, -0.2) is 39.4 Å². The Morgan fingerprint density at radius 1 is 1.13 bits per heavy atom. The number of rotatable bonds is 11. The number of sulfonamides is 1. The minimum Gasteiger partial charge on any atom is -0.355 e. The van der Waals surface area contributed by atoms with Crippen molar-refractivity contribution in [2.75, 3.05) is 29.4 Å². The van der Waals surface area contributed by atoms with E-state index in [0.717, 1.165) is 22.8 Å². The molecule has 1 amide bonds. The lowest BCUT2D eigenvalue weighted by atomic mass is 10.2. The molecule has 0 saturated heterocycles. The van der Waals surface area contributed by atoms with Crippen LogP contribution in [0, 0.1) is 6.92 Å². The van der Waals surface area contributed by atoms with Crippen LogP contribution in [0.25, 0.3) is 0 Å². The van der Waals surface area contributed by atoms with Crippen molar-refractivity contribution in [3.8, 4) is 0 Å². The number of carbonyl (C=O) groups excluding carboxylic acids is 1. The molecule has 2 aromatic rings. The van der Waals surface area contributed by atoms with Gasteiger partial charge in [-0.05, 0) is 48.7 Å². The first-order valence-corrected chi connectivity index (χ1v) is 13.3. The van der Waals surface area contributed by atoms with Gasteiger partial charge in [0.15, 0.2) is 0 Å². The van der Waals surface area contributed by atoms with Crippen molar-refractivity contribution in [1.29, 1.82) is 0 Å². The van der Waals surface area contributed by atoms with Crippen LogP contribution < -0.4 is 9.62 Å². The first kappa shape index (κ1) is 24.9. The lowest BCUT2D eigenvalue weighted by Crippen LogP contribution is -2.33. The number of hydrogen-bond acceptors (Lipinski definition) is 4. The fraction of sp³-hybridized carbons (Fsp3) is 0.381. The number of amides is 1. The minimum atomic E-state index is -3.48. The van der Waals surface area contributed by atoms with Crippen molar-refractivity contribution < 1.29 is 13.2 Å². The number of nitrogens with zero attached hydrogens (tertiary/aromatic N) is 1. The van der Waals surface area contributed by atoms with Crippen LogP contribution in [0.4, 0.5) is 5.69 Å². The standard InChI is InChI=1S/C21H26Cl2N2O3S2/c1-16-19(23)5-3-6-20(16)25(30(2,27)28)13-4-7-21(26)24-12-14-29-15-17-8-10-18(22)11-9-17/h3,5-6,8-11H,4,7,12-15H2,1-2H3,(H,24,26). The highest BCUT2D eigenvalue weighted by atomic mass is 35.5. The molecule has 0 heterocycles. The predicted molar refractivity (Wildman–Crippen MR) is 128 cm³/mol. The third kappa shape index (κ3) is 8.02. The lowest BCUT2D eigenvalue weighted by molar-refractivity contribution is -0.121. The topological polar surface area (TPSA) is 66.5 Å². The number of nitrogens with one attached hydrogen (secondary N) is 1. The van der Waals surface area contributed by atoms with Crippen LogP contribution in [0.2, 0.25) is 10.0 Å². The molecule has 2 rings (SSSR count). The van der Waals surface area contributed by atoms with Gasteiger partial charge in [0.2, 0.25) is 15.9 Å². The van der Waals surface area contributed by atoms with E-state index < -0.39 is 10.0 Å². The molecular formula is C21H26Cl2N2O3S2. The highest BCUT2D eigenvalue weighted by Crippen LogP contribution is 2.28. The van der Waals surface area contributed by atoms with Crippen LogP contribution in [0.5, 0.6) is 0 Å².